The molecule has 1 heterocycles. The minimum absolute atomic E-state index is 0.120. The third kappa shape index (κ3) is 4.85. The van der Waals surface area contributed by atoms with Crippen molar-refractivity contribution in [2.24, 2.45) is 4.99 Å². The van der Waals surface area contributed by atoms with Gasteiger partial charge in [-0.2, -0.15) is 0 Å². The highest BCUT2D eigenvalue weighted by atomic mass is 35.5. The van der Waals surface area contributed by atoms with Crippen LogP contribution in [0.3, 0.4) is 0 Å². The summed E-state index contributed by atoms with van der Waals surface area (Å²) in [6.45, 7) is 0.357. The number of ether oxygens (including phenoxy) is 1. The van der Waals surface area contributed by atoms with Gasteiger partial charge in [0.05, 0.1) is 24.6 Å². The highest BCUT2D eigenvalue weighted by molar-refractivity contribution is 8.15. The van der Waals surface area contributed by atoms with E-state index in [9.17, 15) is 9.59 Å². The van der Waals surface area contributed by atoms with Crippen LogP contribution in [-0.2, 0) is 16.1 Å². The molecular formula is C20H20ClN3O3S. The van der Waals surface area contributed by atoms with Gasteiger partial charge in [-0.05, 0) is 35.9 Å². The van der Waals surface area contributed by atoms with E-state index in [0.717, 1.165) is 11.3 Å². The second-order valence-electron chi connectivity index (χ2n) is 6.13. The van der Waals surface area contributed by atoms with Crippen LogP contribution in [-0.4, -0.2) is 41.3 Å². The zero-order chi connectivity index (χ0) is 20.1. The molecule has 1 saturated heterocycles. The van der Waals surface area contributed by atoms with Crippen molar-refractivity contribution >= 4 is 46.0 Å². The zero-order valence-electron chi connectivity index (χ0n) is 15.5. The first kappa shape index (κ1) is 20.2. The number of amidine groups is 1. The van der Waals surface area contributed by atoms with E-state index in [1.165, 1.54) is 11.8 Å². The van der Waals surface area contributed by atoms with Gasteiger partial charge in [-0.1, -0.05) is 41.6 Å². The molecule has 1 aliphatic heterocycles. The maximum atomic E-state index is 12.8. The number of carbonyl (C=O) groups excluding carboxylic acids is 2. The molecule has 0 bridgehead atoms. The van der Waals surface area contributed by atoms with Crippen molar-refractivity contribution in [1.29, 1.82) is 0 Å². The van der Waals surface area contributed by atoms with E-state index in [4.69, 9.17) is 16.3 Å². The average molecular weight is 418 g/mol. The summed E-state index contributed by atoms with van der Waals surface area (Å²) in [5, 5.41) is 3.12. The van der Waals surface area contributed by atoms with Gasteiger partial charge in [0, 0.05) is 18.5 Å². The van der Waals surface area contributed by atoms with Gasteiger partial charge in [0.25, 0.3) is 0 Å². The lowest BCUT2D eigenvalue weighted by atomic mass is 10.2. The van der Waals surface area contributed by atoms with Crippen LogP contribution in [0.4, 0.5) is 5.69 Å². The number of rotatable bonds is 5. The number of thioether (sulfide) groups is 1. The lowest BCUT2D eigenvalue weighted by Gasteiger charge is -2.31. The molecule has 1 atom stereocenters. The molecule has 1 aliphatic rings. The van der Waals surface area contributed by atoms with E-state index < -0.39 is 5.25 Å². The van der Waals surface area contributed by atoms with Crippen LogP contribution in [0.15, 0.2) is 53.5 Å². The number of carbonyl (C=O) groups is 2. The van der Waals surface area contributed by atoms with Crippen LogP contribution < -0.4 is 10.1 Å². The fourth-order valence-electron chi connectivity index (χ4n) is 2.73. The Labute approximate surface area is 172 Å². The van der Waals surface area contributed by atoms with E-state index >= 15 is 0 Å². The van der Waals surface area contributed by atoms with Gasteiger partial charge in [-0.25, -0.2) is 4.99 Å². The Morgan fingerprint density at radius 1 is 1.32 bits per heavy atom. The summed E-state index contributed by atoms with van der Waals surface area (Å²) in [5.74, 6) is 0.404. The Morgan fingerprint density at radius 2 is 2.07 bits per heavy atom. The van der Waals surface area contributed by atoms with Gasteiger partial charge in [0.15, 0.2) is 5.17 Å². The van der Waals surface area contributed by atoms with Crippen molar-refractivity contribution < 1.29 is 14.3 Å². The minimum atomic E-state index is -0.512. The summed E-state index contributed by atoms with van der Waals surface area (Å²) in [5.41, 5.74) is 1.56. The molecule has 1 unspecified atom stereocenters. The molecule has 0 spiro atoms. The Balaban J connectivity index is 1.92. The van der Waals surface area contributed by atoms with Gasteiger partial charge >= 0.3 is 0 Å². The van der Waals surface area contributed by atoms with E-state index in [1.807, 2.05) is 24.3 Å². The first-order chi connectivity index (χ1) is 13.5. The summed E-state index contributed by atoms with van der Waals surface area (Å²) >= 11 is 7.33. The summed E-state index contributed by atoms with van der Waals surface area (Å²) in [4.78, 5) is 31.1. The maximum absolute atomic E-state index is 12.8. The Morgan fingerprint density at radius 3 is 2.71 bits per heavy atom. The van der Waals surface area contributed by atoms with Crippen molar-refractivity contribution in [2.75, 3.05) is 14.2 Å². The molecular weight excluding hydrogens is 398 g/mol. The first-order valence-electron chi connectivity index (χ1n) is 8.66. The molecule has 2 aromatic rings. The first-order valence-corrected chi connectivity index (χ1v) is 9.91. The molecule has 1 fully saturated rings. The molecule has 0 saturated carbocycles. The Bertz CT molecular complexity index is 902. The lowest BCUT2D eigenvalue weighted by Crippen LogP contribution is -2.45. The van der Waals surface area contributed by atoms with Gasteiger partial charge in [-0.3, -0.25) is 14.5 Å². The molecule has 0 aromatic heterocycles. The van der Waals surface area contributed by atoms with Crippen molar-refractivity contribution in [2.45, 2.75) is 18.2 Å². The van der Waals surface area contributed by atoms with Gasteiger partial charge in [0.2, 0.25) is 11.8 Å². The predicted octanol–water partition coefficient (Wildman–Crippen LogP) is 3.62. The van der Waals surface area contributed by atoms with E-state index in [1.54, 1.807) is 43.3 Å². The van der Waals surface area contributed by atoms with Crippen LogP contribution >= 0.6 is 23.4 Å². The van der Waals surface area contributed by atoms with Gasteiger partial charge in [0.1, 0.15) is 5.75 Å². The molecule has 2 amide bonds. The molecule has 0 radical (unpaired) electrons. The standard InChI is InChI=1S/C20H20ClN3O3S/c1-22-19(26)17-11-18(25)24(12-13-6-8-16(27-2)9-7-13)20(28-17)23-15-5-3-4-14(21)10-15/h3-10,17H,11-12H2,1-2H3,(H,22,26). The lowest BCUT2D eigenvalue weighted by molar-refractivity contribution is -0.130. The summed E-state index contributed by atoms with van der Waals surface area (Å²) < 4.78 is 5.18. The second-order valence-corrected chi connectivity index (χ2v) is 7.73. The Hall–Kier alpha value is -2.51. The van der Waals surface area contributed by atoms with Crippen LogP contribution in [0.1, 0.15) is 12.0 Å². The monoisotopic (exact) mass is 417 g/mol. The van der Waals surface area contributed by atoms with Crippen molar-refractivity contribution in [3.8, 4) is 5.75 Å². The molecule has 2 aromatic carbocycles. The SMILES string of the molecule is CNC(=O)C1CC(=O)N(Cc2ccc(OC)cc2)C(=Nc2cccc(Cl)c2)S1. The number of nitrogens with one attached hydrogen (secondary N) is 1. The number of benzene rings is 2. The van der Waals surface area contributed by atoms with Crippen LogP contribution in [0.2, 0.25) is 5.02 Å². The third-order valence-electron chi connectivity index (χ3n) is 4.21. The summed E-state index contributed by atoms with van der Waals surface area (Å²) in [6, 6.07) is 14.6. The third-order valence-corrected chi connectivity index (χ3v) is 5.63. The normalized spacial score (nSPS) is 18.2. The predicted molar refractivity (Wildman–Crippen MR) is 112 cm³/mol. The van der Waals surface area contributed by atoms with Crippen LogP contribution in [0.25, 0.3) is 0 Å². The zero-order valence-corrected chi connectivity index (χ0v) is 17.1. The fourth-order valence-corrected chi connectivity index (χ4v) is 4.07. The number of amides is 2. The topological polar surface area (TPSA) is 71.0 Å². The maximum Gasteiger partial charge on any atom is 0.233 e. The number of hydrogen-bond donors (Lipinski definition) is 1. The summed E-state index contributed by atoms with van der Waals surface area (Å²) in [6.07, 6.45) is 0.120. The largest absolute Gasteiger partial charge is 0.497 e. The van der Waals surface area contributed by atoms with Crippen LogP contribution in [0, 0.1) is 0 Å². The van der Waals surface area contributed by atoms with Gasteiger partial charge in [-0.15, -0.1) is 0 Å². The van der Waals surface area contributed by atoms with E-state index in [0.29, 0.717) is 22.4 Å². The number of aliphatic imine (C=N–C) groups is 1. The minimum Gasteiger partial charge on any atom is -0.497 e. The quantitative estimate of drug-likeness (QED) is 0.806. The van der Waals surface area contributed by atoms with Crippen molar-refractivity contribution in [3.05, 3.63) is 59.1 Å². The van der Waals surface area contributed by atoms with E-state index in [-0.39, 0.29) is 18.2 Å². The van der Waals surface area contributed by atoms with Crippen molar-refractivity contribution in [3.63, 3.8) is 0 Å². The Kier molecular flexibility index (Phi) is 6.59. The molecule has 6 nitrogen and oxygen atoms in total. The number of halogens is 1. The van der Waals surface area contributed by atoms with Crippen molar-refractivity contribution in [1.82, 2.24) is 10.2 Å². The number of nitrogens with zero attached hydrogens (tertiary/aromatic N) is 2. The highest BCUT2D eigenvalue weighted by Crippen LogP contribution is 2.31. The molecule has 8 heteroatoms. The highest BCUT2D eigenvalue weighted by Gasteiger charge is 2.35. The smallest absolute Gasteiger partial charge is 0.233 e. The average Bonchev–Trinajstić information content (AvgIpc) is 2.70. The van der Waals surface area contributed by atoms with Gasteiger partial charge < -0.3 is 10.1 Å². The van der Waals surface area contributed by atoms with E-state index in [2.05, 4.69) is 10.3 Å². The molecule has 28 heavy (non-hydrogen) atoms. The fraction of sp³-hybridized carbons (Fsp3) is 0.250. The second kappa shape index (κ2) is 9.12. The molecule has 0 aliphatic carbocycles. The molecule has 3 rings (SSSR count). The molecule has 1 N–H and O–H groups in total. The number of methoxy groups -OCH3 is 1. The molecule has 146 valence electrons. The number of hydrogen-bond acceptors (Lipinski definition) is 5. The summed E-state index contributed by atoms with van der Waals surface area (Å²) in [7, 11) is 3.17. The van der Waals surface area contributed by atoms with Crippen LogP contribution in [0.5, 0.6) is 5.75 Å².